The Morgan fingerprint density at radius 2 is 1.88 bits per heavy atom. The predicted octanol–water partition coefficient (Wildman–Crippen LogP) is 5.16. The number of benzene rings is 2. The third kappa shape index (κ3) is 3.83. The maximum atomic E-state index is 12.7. The number of alkyl halides is 2. The molecule has 1 amide bonds. The van der Waals surface area contributed by atoms with Crippen LogP contribution in [0.4, 0.5) is 14.5 Å². The largest absolute Gasteiger partial charge is 0.435 e. The number of hydrogen-bond donors (Lipinski definition) is 1. The number of anilines is 1. The maximum absolute atomic E-state index is 12.7. The first kappa shape index (κ1) is 17.9. The fourth-order valence-electron chi connectivity index (χ4n) is 2.39. The molecule has 1 heterocycles. The molecule has 3 aromatic rings. The van der Waals surface area contributed by atoms with E-state index in [9.17, 15) is 13.6 Å². The van der Waals surface area contributed by atoms with Crippen LogP contribution in [-0.4, -0.2) is 17.7 Å². The van der Waals surface area contributed by atoms with Crippen LogP contribution in [0.2, 0.25) is 5.02 Å². The van der Waals surface area contributed by atoms with Gasteiger partial charge in [-0.15, -0.1) is 0 Å². The van der Waals surface area contributed by atoms with Crippen LogP contribution in [0.15, 0.2) is 53.1 Å². The molecule has 1 aromatic heterocycles. The Bertz CT molecular complexity index is 926. The van der Waals surface area contributed by atoms with E-state index in [-0.39, 0.29) is 11.3 Å². The molecule has 0 aliphatic carbocycles. The molecule has 26 heavy (non-hydrogen) atoms. The zero-order valence-electron chi connectivity index (χ0n) is 13.5. The van der Waals surface area contributed by atoms with Gasteiger partial charge in [-0.05, 0) is 37.3 Å². The lowest BCUT2D eigenvalue weighted by Gasteiger charge is -2.08. The highest BCUT2D eigenvalue weighted by molar-refractivity contribution is 6.33. The summed E-state index contributed by atoms with van der Waals surface area (Å²) in [7, 11) is 0. The minimum atomic E-state index is -2.91. The van der Waals surface area contributed by atoms with E-state index in [1.165, 1.54) is 24.3 Å². The molecule has 3 rings (SSSR count). The zero-order valence-corrected chi connectivity index (χ0v) is 14.3. The molecule has 5 nitrogen and oxygen atoms in total. The monoisotopic (exact) mass is 378 g/mol. The molecule has 2 aromatic carbocycles. The third-order valence-corrected chi connectivity index (χ3v) is 3.89. The molecule has 0 aliphatic rings. The summed E-state index contributed by atoms with van der Waals surface area (Å²) in [4.78, 5) is 12.7. The summed E-state index contributed by atoms with van der Waals surface area (Å²) >= 11 is 6.18. The number of halogens is 3. The highest BCUT2D eigenvalue weighted by Gasteiger charge is 2.23. The van der Waals surface area contributed by atoms with Crippen LogP contribution >= 0.6 is 11.6 Å². The SMILES string of the molecule is Cc1onc(-c2ccccc2Cl)c1C(=O)Nc1ccc(OC(F)F)cc1. The second-order valence-corrected chi connectivity index (χ2v) is 5.71. The fraction of sp³-hybridized carbons (Fsp3) is 0.111. The Morgan fingerprint density at radius 3 is 2.54 bits per heavy atom. The van der Waals surface area contributed by atoms with E-state index in [4.69, 9.17) is 16.1 Å². The Morgan fingerprint density at radius 1 is 1.19 bits per heavy atom. The molecule has 134 valence electrons. The van der Waals surface area contributed by atoms with Crippen LogP contribution < -0.4 is 10.1 Å². The average Bonchev–Trinajstić information content (AvgIpc) is 2.98. The van der Waals surface area contributed by atoms with E-state index in [0.717, 1.165) is 0 Å². The standard InChI is InChI=1S/C18H13ClF2N2O3/c1-10-15(16(23-26-10)13-4-2-3-5-14(13)19)17(24)22-11-6-8-12(9-7-11)25-18(20)21/h2-9,18H,1H3,(H,22,24). The Kier molecular flexibility index (Phi) is 5.18. The van der Waals surface area contributed by atoms with E-state index in [1.54, 1.807) is 31.2 Å². The molecule has 0 unspecified atom stereocenters. The van der Waals surface area contributed by atoms with E-state index < -0.39 is 12.5 Å². The number of amides is 1. The van der Waals surface area contributed by atoms with Crippen molar-refractivity contribution in [2.24, 2.45) is 0 Å². The van der Waals surface area contributed by atoms with Gasteiger partial charge in [0.2, 0.25) is 0 Å². The minimum absolute atomic E-state index is 0.00378. The highest BCUT2D eigenvalue weighted by Crippen LogP contribution is 2.31. The molecule has 0 aliphatic heterocycles. The van der Waals surface area contributed by atoms with E-state index >= 15 is 0 Å². The Hall–Kier alpha value is -2.93. The summed E-state index contributed by atoms with van der Waals surface area (Å²) in [6.45, 7) is -1.30. The normalized spacial score (nSPS) is 10.8. The number of carbonyl (C=O) groups is 1. The smallest absolute Gasteiger partial charge is 0.387 e. The first-order chi connectivity index (χ1) is 12.5. The van der Waals surface area contributed by atoms with Gasteiger partial charge < -0.3 is 14.6 Å². The maximum Gasteiger partial charge on any atom is 0.387 e. The number of nitrogens with one attached hydrogen (secondary N) is 1. The average molecular weight is 379 g/mol. The Balaban J connectivity index is 1.85. The molecule has 8 heteroatoms. The van der Waals surface area contributed by atoms with Crippen LogP contribution in [0.5, 0.6) is 5.75 Å². The van der Waals surface area contributed by atoms with Crippen molar-refractivity contribution in [1.82, 2.24) is 5.16 Å². The van der Waals surface area contributed by atoms with Gasteiger partial charge >= 0.3 is 6.61 Å². The second-order valence-electron chi connectivity index (χ2n) is 5.30. The minimum Gasteiger partial charge on any atom is -0.435 e. The van der Waals surface area contributed by atoms with Crippen molar-refractivity contribution in [3.8, 4) is 17.0 Å². The van der Waals surface area contributed by atoms with Gasteiger partial charge in [-0.25, -0.2) is 0 Å². The lowest BCUT2D eigenvalue weighted by atomic mass is 10.1. The second kappa shape index (κ2) is 7.53. The van der Waals surface area contributed by atoms with Crippen LogP contribution in [0, 0.1) is 6.92 Å². The van der Waals surface area contributed by atoms with Crippen molar-refractivity contribution < 1.29 is 22.8 Å². The fourth-order valence-corrected chi connectivity index (χ4v) is 2.62. The topological polar surface area (TPSA) is 64.4 Å². The molecule has 1 N–H and O–H groups in total. The van der Waals surface area contributed by atoms with E-state index in [0.29, 0.717) is 27.7 Å². The lowest BCUT2D eigenvalue weighted by Crippen LogP contribution is -2.13. The number of aryl methyl sites for hydroxylation is 1. The van der Waals surface area contributed by atoms with Gasteiger partial charge in [-0.1, -0.05) is 35.0 Å². The number of rotatable bonds is 5. The van der Waals surface area contributed by atoms with Gasteiger partial charge in [0.25, 0.3) is 5.91 Å². The van der Waals surface area contributed by atoms with Gasteiger partial charge in [0.05, 0.1) is 5.02 Å². The Labute approximate surface area is 152 Å². The number of aromatic nitrogens is 1. The first-order valence-corrected chi connectivity index (χ1v) is 7.91. The molecule has 0 saturated carbocycles. The molecule has 0 radical (unpaired) electrons. The summed E-state index contributed by atoms with van der Waals surface area (Å²) < 4.78 is 33.8. The van der Waals surface area contributed by atoms with Gasteiger partial charge in [0.1, 0.15) is 22.8 Å². The van der Waals surface area contributed by atoms with Crippen LogP contribution in [0.25, 0.3) is 11.3 Å². The molecule has 0 fully saturated rings. The van der Waals surface area contributed by atoms with Crippen LogP contribution in [0.3, 0.4) is 0 Å². The van der Waals surface area contributed by atoms with Crippen molar-refractivity contribution in [3.05, 3.63) is 64.9 Å². The van der Waals surface area contributed by atoms with Crippen LogP contribution in [0.1, 0.15) is 16.1 Å². The van der Waals surface area contributed by atoms with E-state index in [1.807, 2.05) is 0 Å². The molecule has 0 saturated heterocycles. The number of ether oxygens (including phenoxy) is 1. The van der Waals surface area contributed by atoms with Gasteiger partial charge in [-0.3, -0.25) is 4.79 Å². The van der Waals surface area contributed by atoms with Crippen molar-refractivity contribution in [2.75, 3.05) is 5.32 Å². The van der Waals surface area contributed by atoms with E-state index in [2.05, 4.69) is 15.2 Å². The molecule has 0 spiro atoms. The molecule has 0 bridgehead atoms. The quantitative estimate of drug-likeness (QED) is 0.666. The van der Waals surface area contributed by atoms with Crippen molar-refractivity contribution in [2.45, 2.75) is 13.5 Å². The van der Waals surface area contributed by atoms with Crippen molar-refractivity contribution in [3.63, 3.8) is 0 Å². The number of nitrogens with zero attached hydrogens (tertiary/aromatic N) is 1. The summed E-state index contributed by atoms with van der Waals surface area (Å²) in [5, 5.41) is 7.04. The molecule has 0 atom stereocenters. The van der Waals surface area contributed by atoms with Crippen molar-refractivity contribution in [1.29, 1.82) is 0 Å². The number of hydrogen-bond acceptors (Lipinski definition) is 4. The summed E-state index contributed by atoms with van der Waals surface area (Å²) in [5.74, 6) is -0.132. The highest BCUT2D eigenvalue weighted by atomic mass is 35.5. The summed E-state index contributed by atoms with van der Waals surface area (Å²) in [5.41, 5.74) is 1.54. The molecular formula is C18H13ClF2N2O3. The summed E-state index contributed by atoms with van der Waals surface area (Å²) in [6.07, 6.45) is 0. The zero-order chi connectivity index (χ0) is 18.7. The first-order valence-electron chi connectivity index (χ1n) is 7.53. The molecular weight excluding hydrogens is 366 g/mol. The van der Waals surface area contributed by atoms with Gasteiger partial charge in [0, 0.05) is 11.3 Å². The van der Waals surface area contributed by atoms with Gasteiger partial charge in [0.15, 0.2) is 0 Å². The van der Waals surface area contributed by atoms with Crippen molar-refractivity contribution >= 4 is 23.2 Å². The third-order valence-electron chi connectivity index (χ3n) is 3.56. The summed E-state index contributed by atoms with van der Waals surface area (Å²) in [6, 6.07) is 12.5. The predicted molar refractivity (Wildman–Crippen MR) is 92.7 cm³/mol. The van der Waals surface area contributed by atoms with Gasteiger partial charge in [-0.2, -0.15) is 8.78 Å². The lowest BCUT2D eigenvalue weighted by molar-refractivity contribution is -0.0498. The number of carbonyl (C=O) groups excluding carboxylic acids is 1. The van der Waals surface area contributed by atoms with Crippen LogP contribution in [-0.2, 0) is 0 Å².